The number of furan rings is 1. The summed E-state index contributed by atoms with van der Waals surface area (Å²) < 4.78 is 7.82. The highest BCUT2D eigenvalue weighted by Crippen LogP contribution is 2.25. The van der Waals surface area contributed by atoms with E-state index >= 15 is 0 Å². The normalized spacial score (nSPS) is 11.1. The molecule has 6 heteroatoms. The van der Waals surface area contributed by atoms with E-state index in [1.807, 2.05) is 18.2 Å². The highest BCUT2D eigenvalue weighted by atomic mass is 79.9. The van der Waals surface area contributed by atoms with Gasteiger partial charge in [0.2, 0.25) is 5.82 Å². The number of hydrogen-bond acceptors (Lipinski definition) is 4. The first-order valence-corrected chi connectivity index (χ1v) is 5.40. The standard InChI is InChI=1S/C10H7BrN4O/c11-7-5-4-6(16-7)10-14-13-9-3-1-2-8(12)15(9)10/h1-5H,12H2. The molecule has 2 N–H and O–H groups in total. The van der Waals surface area contributed by atoms with Crippen molar-refractivity contribution in [2.24, 2.45) is 0 Å². The Balaban J connectivity index is 2.32. The van der Waals surface area contributed by atoms with Gasteiger partial charge in [0.1, 0.15) is 5.82 Å². The Morgan fingerprint density at radius 1 is 1.19 bits per heavy atom. The van der Waals surface area contributed by atoms with Crippen LogP contribution in [-0.4, -0.2) is 14.6 Å². The molecule has 0 saturated carbocycles. The van der Waals surface area contributed by atoms with Crippen LogP contribution in [0.4, 0.5) is 5.82 Å². The summed E-state index contributed by atoms with van der Waals surface area (Å²) in [4.78, 5) is 0. The van der Waals surface area contributed by atoms with Crippen LogP contribution in [0.3, 0.4) is 0 Å². The summed E-state index contributed by atoms with van der Waals surface area (Å²) in [5.41, 5.74) is 6.57. The molecule has 3 rings (SSSR count). The van der Waals surface area contributed by atoms with E-state index in [2.05, 4.69) is 26.1 Å². The van der Waals surface area contributed by atoms with Crippen LogP contribution in [0.25, 0.3) is 17.2 Å². The van der Waals surface area contributed by atoms with Gasteiger partial charge in [-0.3, -0.25) is 4.40 Å². The third-order valence-corrected chi connectivity index (χ3v) is 2.68. The summed E-state index contributed by atoms with van der Waals surface area (Å²) >= 11 is 3.24. The fraction of sp³-hybridized carbons (Fsp3) is 0. The monoisotopic (exact) mass is 278 g/mol. The van der Waals surface area contributed by atoms with E-state index in [1.54, 1.807) is 16.5 Å². The van der Waals surface area contributed by atoms with Crippen molar-refractivity contribution in [1.82, 2.24) is 14.6 Å². The molecule has 0 aliphatic carbocycles. The summed E-state index contributed by atoms with van der Waals surface area (Å²) in [6, 6.07) is 9.08. The number of hydrogen-bond donors (Lipinski definition) is 1. The van der Waals surface area contributed by atoms with Gasteiger partial charge < -0.3 is 10.2 Å². The fourth-order valence-electron chi connectivity index (χ4n) is 1.56. The molecule has 0 fully saturated rings. The maximum atomic E-state index is 5.88. The van der Waals surface area contributed by atoms with Gasteiger partial charge in [-0.1, -0.05) is 6.07 Å². The van der Waals surface area contributed by atoms with Crippen LogP contribution in [0.1, 0.15) is 0 Å². The van der Waals surface area contributed by atoms with Gasteiger partial charge >= 0.3 is 0 Å². The van der Waals surface area contributed by atoms with Crippen molar-refractivity contribution < 1.29 is 4.42 Å². The zero-order valence-electron chi connectivity index (χ0n) is 8.09. The van der Waals surface area contributed by atoms with Crippen molar-refractivity contribution in [2.75, 3.05) is 5.73 Å². The first kappa shape index (κ1) is 9.41. The minimum Gasteiger partial charge on any atom is -0.446 e. The molecule has 16 heavy (non-hydrogen) atoms. The maximum Gasteiger partial charge on any atom is 0.205 e. The van der Waals surface area contributed by atoms with Gasteiger partial charge in [0.25, 0.3) is 0 Å². The summed E-state index contributed by atoms with van der Waals surface area (Å²) in [5.74, 6) is 1.79. The lowest BCUT2D eigenvalue weighted by Gasteiger charge is -2.00. The second-order valence-corrected chi connectivity index (χ2v) is 4.05. The summed E-state index contributed by atoms with van der Waals surface area (Å²) in [6.07, 6.45) is 0. The molecule has 80 valence electrons. The van der Waals surface area contributed by atoms with Gasteiger partial charge in [0.15, 0.2) is 16.1 Å². The molecular formula is C10H7BrN4O. The van der Waals surface area contributed by atoms with Crippen LogP contribution in [0.2, 0.25) is 0 Å². The molecule has 3 aromatic rings. The zero-order chi connectivity index (χ0) is 11.1. The Labute approximate surface area is 99.0 Å². The fourth-order valence-corrected chi connectivity index (χ4v) is 1.87. The number of anilines is 1. The molecule has 5 nitrogen and oxygen atoms in total. The molecule has 0 spiro atoms. The van der Waals surface area contributed by atoms with E-state index in [-0.39, 0.29) is 0 Å². The SMILES string of the molecule is Nc1cccc2nnc(-c3ccc(Br)o3)n12. The van der Waals surface area contributed by atoms with Crippen LogP contribution < -0.4 is 5.73 Å². The molecule has 0 unspecified atom stereocenters. The lowest BCUT2D eigenvalue weighted by Crippen LogP contribution is -1.97. The molecule has 0 amide bonds. The van der Waals surface area contributed by atoms with Crippen molar-refractivity contribution in [3.8, 4) is 11.6 Å². The largest absolute Gasteiger partial charge is 0.446 e. The number of halogens is 1. The van der Waals surface area contributed by atoms with Crippen molar-refractivity contribution >= 4 is 27.4 Å². The maximum absolute atomic E-state index is 5.88. The van der Waals surface area contributed by atoms with Crippen molar-refractivity contribution in [2.45, 2.75) is 0 Å². The number of aromatic nitrogens is 3. The number of nitrogen functional groups attached to an aromatic ring is 1. The van der Waals surface area contributed by atoms with Crippen LogP contribution in [0.5, 0.6) is 0 Å². The van der Waals surface area contributed by atoms with E-state index in [1.165, 1.54) is 0 Å². The Morgan fingerprint density at radius 3 is 2.81 bits per heavy atom. The number of pyridine rings is 1. The molecule has 0 atom stereocenters. The van der Waals surface area contributed by atoms with Crippen LogP contribution >= 0.6 is 15.9 Å². The van der Waals surface area contributed by atoms with E-state index in [0.29, 0.717) is 27.7 Å². The summed E-state index contributed by atoms with van der Waals surface area (Å²) in [5, 5.41) is 8.08. The lowest BCUT2D eigenvalue weighted by molar-refractivity contribution is 0.550. The average molecular weight is 279 g/mol. The zero-order valence-corrected chi connectivity index (χ0v) is 9.68. The molecule has 3 aromatic heterocycles. The van der Waals surface area contributed by atoms with Gasteiger partial charge in [0.05, 0.1) is 0 Å². The van der Waals surface area contributed by atoms with Crippen molar-refractivity contribution in [3.63, 3.8) is 0 Å². The van der Waals surface area contributed by atoms with Crippen LogP contribution in [-0.2, 0) is 0 Å². The number of rotatable bonds is 1. The van der Waals surface area contributed by atoms with E-state index in [0.717, 1.165) is 0 Å². The molecule has 0 aromatic carbocycles. The summed E-state index contributed by atoms with van der Waals surface area (Å²) in [6.45, 7) is 0. The molecule has 0 aliphatic heterocycles. The number of nitrogens with zero attached hydrogens (tertiary/aromatic N) is 3. The second-order valence-electron chi connectivity index (χ2n) is 3.27. The molecular weight excluding hydrogens is 272 g/mol. The molecule has 0 radical (unpaired) electrons. The molecule has 0 aliphatic rings. The minimum atomic E-state index is 0.574. The third-order valence-electron chi connectivity index (χ3n) is 2.25. The number of nitrogens with two attached hydrogens (primary N) is 1. The predicted molar refractivity (Wildman–Crippen MR) is 62.8 cm³/mol. The van der Waals surface area contributed by atoms with Crippen molar-refractivity contribution in [1.29, 1.82) is 0 Å². The quantitative estimate of drug-likeness (QED) is 0.742. The van der Waals surface area contributed by atoms with Crippen LogP contribution in [0, 0.1) is 0 Å². The van der Waals surface area contributed by atoms with Gasteiger partial charge in [-0.25, -0.2) is 0 Å². The van der Waals surface area contributed by atoms with Gasteiger partial charge in [0, 0.05) is 0 Å². The first-order valence-electron chi connectivity index (χ1n) is 4.61. The van der Waals surface area contributed by atoms with Gasteiger partial charge in [-0.15, -0.1) is 10.2 Å². The first-order chi connectivity index (χ1) is 7.75. The molecule has 0 saturated heterocycles. The van der Waals surface area contributed by atoms with Crippen molar-refractivity contribution in [3.05, 3.63) is 35.0 Å². The Hall–Kier alpha value is -1.82. The second kappa shape index (κ2) is 3.34. The Bertz CT molecular complexity index is 658. The smallest absolute Gasteiger partial charge is 0.205 e. The average Bonchev–Trinajstić information content (AvgIpc) is 2.84. The Morgan fingerprint density at radius 2 is 2.06 bits per heavy atom. The molecule has 3 heterocycles. The summed E-state index contributed by atoms with van der Waals surface area (Å²) in [7, 11) is 0. The van der Waals surface area contributed by atoms with E-state index in [4.69, 9.17) is 10.2 Å². The topological polar surface area (TPSA) is 69.3 Å². The number of fused-ring (bicyclic) bond motifs is 1. The molecule has 0 bridgehead atoms. The van der Waals surface area contributed by atoms with Gasteiger partial charge in [-0.05, 0) is 40.2 Å². The predicted octanol–water partition coefficient (Wildman–Crippen LogP) is 2.33. The highest BCUT2D eigenvalue weighted by Gasteiger charge is 2.12. The van der Waals surface area contributed by atoms with E-state index < -0.39 is 0 Å². The lowest BCUT2D eigenvalue weighted by atomic mass is 10.4. The highest BCUT2D eigenvalue weighted by molar-refractivity contribution is 9.10. The van der Waals surface area contributed by atoms with Gasteiger partial charge in [-0.2, -0.15) is 0 Å². The van der Waals surface area contributed by atoms with Crippen LogP contribution in [0.15, 0.2) is 39.4 Å². The Kier molecular flexibility index (Phi) is 1.97. The minimum absolute atomic E-state index is 0.574. The van der Waals surface area contributed by atoms with E-state index in [9.17, 15) is 0 Å². The third kappa shape index (κ3) is 1.30.